The van der Waals surface area contributed by atoms with Gasteiger partial charge in [0.05, 0.1) is 27.8 Å². The summed E-state index contributed by atoms with van der Waals surface area (Å²) >= 11 is 1.85. The lowest BCUT2D eigenvalue weighted by atomic mass is 9.78. The molecule has 198 valence electrons. The lowest BCUT2D eigenvalue weighted by Gasteiger charge is -2.32. The van der Waals surface area contributed by atoms with Gasteiger partial charge in [0.2, 0.25) is 0 Å². The van der Waals surface area contributed by atoms with Crippen molar-refractivity contribution in [2.24, 2.45) is 0 Å². The third-order valence-corrected chi connectivity index (χ3v) is 10.5. The van der Waals surface area contributed by atoms with Gasteiger partial charge < -0.3 is 13.7 Å². The molecule has 1 fully saturated rings. The summed E-state index contributed by atoms with van der Waals surface area (Å²) in [7, 11) is -0.426. The SMILES string of the molecule is CC1(C)OB(c2cc3sc4cccc5c4c3c(c2)c2ccc(-c3cccnc3)c3c4ccccc4n5c23)OC1(C)C. The smallest absolute Gasteiger partial charge is 0.399 e. The average molecular weight is 550 g/mol. The Balaban J connectivity index is 1.51. The summed E-state index contributed by atoms with van der Waals surface area (Å²) < 4.78 is 18.1. The third-order valence-electron chi connectivity index (χ3n) is 9.44. The van der Waals surface area contributed by atoms with E-state index in [1.54, 1.807) is 0 Å². The van der Waals surface area contributed by atoms with Crippen LogP contribution in [0.5, 0.6) is 0 Å². The molecule has 5 heterocycles. The lowest BCUT2D eigenvalue weighted by Crippen LogP contribution is -2.41. The van der Waals surface area contributed by atoms with Crippen molar-refractivity contribution in [3.05, 3.63) is 91.3 Å². The molecule has 0 saturated carbocycles. The summed E-state index contributed by atoms with van der Waals surface area (Å²) in [5.74, 6) is 0. The van der Waals surface area contributed by atoms with Crippen LogP contribution in [0, 0.1) is 0 Å². The van der Waals surface area contributed by atoms with Gasteiger partial charge in [0.15, 0.2) is 0 Å². The van der Waals surface area contributed by atoms with Crippen LogP contribution < -0.4 is 5.46 Å². The summed E-state index contributed by atoms with van der Waals surface area (Å²) in [5, 5.41) is 7.58. The van der Waals surface area contributed by atoms with Gasteiger partial charge in [0.1, 0.15) is 0 Å². The highest BCUT2D eigenvalue weighted by Crippen LogP contribution is 2.47. The summed E-state index contributed by atoms with van der Waals surface area (Å²) in [4.78, 5) is 4.46. The molecule has 0 amide bonds. The van der Waals surface area contributed by atoms with Crippen LogP contribution in [0.2, 0.25) is 0 Å². The molecule has 4 aromatic heterocycles. The zero-order valence-corrected chi connectivity index (χ0v) is 24.2. The molecule has 8 aromatic rings. The van der Waals surface area contributed by atoms with Crippen LogP contribution in [-0.4, -0.2) is 27.7 Å². The maximum atomic E-state index is 6.56. The minimum atomic E-state index is -0.426. The number of aromatic nitrogens is 2. The van der Waals surface area contributed by atoms with E-state index >= 15 is 0 Å². The van der Waals surface area contributed by atoms with E-state index in [4.69, 9.17) is 9.31 Å². The highest BCUT2D eigenvalue weighted by molar-refractivity contribution is 7.26. The average Bonchev–Trinajstić information content (AvgIpc) is 3.56. The molecule has 1 aliphatic rings. The fourth-order valence-electron chi connectivity index (χ4n) is 6.79. The molecule has 9 rings (SSSR count). The molecule has 0 radical (unpaired) electrons. The molecular formula is C35H27BN2O2S. The first-order chi connectivity index (χ1) is 19.8. The Hall–Kier alpha value is -3.97. The highest BCUT2D eigenvalue weighted by atomic mass is 32.1. The van der Waals surface area contributed by atoms with Crippen molar-refractivity contribution in [1.29, 1.82) is 0 Å². The van der Waals surface area contributed by atoms with Gasteiger partial charge in [-0.15, -0.1) is 11.3 Å². The van der Waals surface area contributed by atoms with Crippen molar-refractivity contribution in [3.8, 4) is 11.1 Å². The van der Waals surface area contributed by atoms with Crippen LogP contribution in [0.1, 0.15) is 27.7 Å². The van der Waals surface area contributed by atoms with Gasteiger partial charge in [0.25, 0.3) is 0 Å². The number of rotatable bonds is 2. The zero-order valence-electron chi connectivity index (χ0n) is 23.4. The van der Waals surface area contributed by atoms with Gasteiger partial charge in [-0.25, -0.2) is 0 Å². The second kappa shape index (κ2) is 7.86. The van der Waals surface area contributed by atoms with Crippen molar-refractivity contribution >= 4 is 82.2 Å². The molecule has 0 aliphatic carbocycles. The van der Waals surface area contributed by atoms with Crippen LogP contribution in [-0.2, 0) is 9.31 Å². The first kappa shape index (κ1) is 23.7. The van der Waals surface area contributed by atoms with Crippen molar-refractivity contribution in [2.45, 2.75) is 38.9 Å². The Morgan fingerprint density at radius 3 is 2.32 bits per heavy atom. The number of hydrogen-bond donors (Lipinski definition) is 0. The third kappa shape index (κ3) is 3.05. The standard InChI is InChI=1S/C35H27BN2O2S/c1-34(2)35(3,4)40-36(39-34)21-17-25-23-15-14-22(20-9-8-16-37-19-20)30-24-10-5-6-11-26(24)38(33(23)30)27-12-7-13-28-32(27)31(25)29(18-21)41-28/h5-19H,1-4H3. The van der Waals surface area contributed by atoms with Gasteiger partial charge >= 0.3 is 7.12 Å². The number of fused-ring (bicyclic) bond motifs is 5. The van der Waals surface area contributed by atoms with Crippen molar-refractivity contribution < 1.29 is 9.31 Å². The predicted molar refractivity (Wildman–Crippen MR) is 173 cm³/mol. The Morgan fingerprint density at radius 2 is 1.51 bits per heavy atom. The van der Waals surface area contributed by atoms with E-state index in [2.05, 4.69) is 110 Å². The Kier molecular flexibility index (Phi) is 4.54. The molecule has 0 bridgehead atoms. The van der Waals surface area contributed by atoms with E-state index in [9.17, 15) is 0 Å². The van der Waals surface area contributed by atoms with Gasteiger partial charge in [-0.1, -0.05) is 48.5 Å². The summed E-state index contributed by atoms with van der Waals surface area (Å²) in [6, 6.07) is 28.9. The van der Waals surface area contributed by atoms with E-state index in [0.717, 1.165) is 11.0 Å². The van der Waals surface area contributed by atoms with Crippen molar-refractivity contribution in [3.63, 3.8) is 0 Å². The van der Waals surface area contributed by atoms with Gasteiger partial charge in [-0.05, 0) is 74.4 Å². The number of thiophene rings is 1. The minimum absolute atomic E-state index is 0.404. The van der Waals surface area contributed by atoms with Crippen LogP contribution in [0.3, 0.4) is 0 Å². The highest BCUT2D eigenvalue weighted by Gasteiger charge is 2.51. The monoisotopic (exact) mass is 550 g/mol. The molecule has 6 heteroatoms. The predicted octanol–water partition coefficient (Wildman–Crippen LogP) is 8.57. The summed E-state index contributed by atoms with van der Waals surface area (Å²) in [6.45, 7) is 8.47. The Morgan fingerprint density at radius 1 is 0.707 bits per heavy atom. The van der Waals surface area contributed by atoms with Crippen LogP contribution in [0.25, 0.3) is 69.4 Å². The molecule has 4 nitrogen and oxygen atoms in total. The largest absolute Gasteiger partial charge is 0.494 e. The fraction of sp³-hybridized carbons (Fsp3) is 0.171. The molecule has 4 aromatic carbocycles. The molecule has 0 atom stereocenters. The normalized spacial score (nSPS) is 16.9. The second-order valence-electron chi connectivity index (χ2n) is 12.3. The van der Waals surface area contributed by atoms with Gasteiger partial charge in [0, 0.05) is 54.3 Å². The number of pyridine rings is 1. The minimum Gasteiger partial charge on any atom is -0.399 e. The molecule has 0 N–H and O–H groups in total. The molecular weight excluding hydrogens is 523 g/mol. The maximum absolute atomic E-state index is 6.56. The Bertz CT molecular complexity index is 2320. The molecule has 1 saturated heterocycles. The lowest BCUT2D eigenvalue weighted by molar-refractivity contribution is 0.00578. The fourth-order valence-corrected chi connectivity index (χ4v) is 7.99. The topological polar surface area (TPSA) is 35.8 Å². The van der Waals surface area contributed by atoms with Gasteiger partial charge in [-0.3, -0.25) is 4.98 Å². The van der Waals surface area contributed by atoms with Crippen LogP contribution >= 0.6 is 11.3 Å². The maximum Gasteiger partial charge on any atom is 0.494 e. The quantitative estimate of drug-likeness (QED) is 0.202. The first-order valence-corrected chi connectivity index (χ1v) is 15.0. The van der Waals surface area contributed by atoms with Crippen molar-refractivity contribution in [1.82, 2.24) is 9.38 Å². The number of hydrogen-bond acceptors (Lipinski definition) is 4. The molecule has 1 aliphatic heterocycles. The first-order valence-electron chi connectivity index (χ1n) is 14.1. The molecule has 0 spiro atoms. The van der Waals surface area contributed by atoms with Crippen LogP contribution in [0.4, 0.5) is 0 Å². The van der Waals surface area contributed by atoms with Crippen LogP contribution in [0.15, 0.2) is 91.3 Å². The van der Waals surface area contributed by atoms with E-state index in [0.29, 0.717) is 0 Å². The van der Waals surface area contributed by atoms with E-state index in [-0.39, 0.29) is 0 Å². The zero-order chi connectivity index (χ0) is 27.7. The van der Waals surface area contributed by atoms with Gasteiger partial charge in [-0.2, -0.15) is 0 Å². The second-order valence-corrected chi connectivity index (χ2v) is 13.3. The number of para-hydroxylation sites is 1. The summed E-state index contributed by atoms with van der Waals surface area (Å²) in [5.41, 5.74) is 6.24. The number of nitrogens with zero attached hydrogens (tertiary/aromatic N) is 2. The summed E-state index contributed by atoms with van der Waals surface area (Å²) in [6.07, 6.45) is 3.80. The van der Waals surface area contributed by atoms with Crippen molar-refractivity contribution in [2.75, 3.05) is 0 Å². The van der Waals surface area contributed by atoms with E-state index < -0.39 is 18.3 Å². The Labute approximate surface area is 241 Å². The van der Waals surface area contributed by atoms with E-state index in [1.165, 1.54) is 63.8 Å². The molecule has 0 unspecified atom stereocenters. The number of benzene rings is 4. The molecule has 41 heavy (non-hydrogen) atoms. The van der Waals surface area contributed by atoms with E-state index in [1.807, 2.05) is 29.8 Å².